The van der Waals surface area contributed by atoms with Crippen LogP contribution in [-0.4, -0.2) is 51.8 Å². The number of hydrogen-bond donors (Lipinski definition) is 0. The minimum Gasteiger partial charge on any atom is -0.302 e. The molecule has 3 rings (SSSR count). The van der Waals surface area contributed by atoms with Gasteiger partial charge in [-0.3, -0.25) is 29.9 Å². The summed E-state index contributed by atoms with van der Waals surface area (Å²) in [4.78, 5) is 42.9. The third-order valence-corrected chi connectivity index (χ3v) is 6.62. The molecule has 1 heterocycles. The lowest BCUT2D eigenvalue weighted by atomic mass is 10.1. The lowest BCUT2D eigenvalue weighted by molar-refractivity contribution is -0.394. The molecule has 0 saturated heterocycles. The summed E-state index contributed by atoms with van der Waals surface area (Å²) in [5.74, 6) is -0.567. The summed E-state index contributed by atoms with van der Waals surface area (Å²) in [6.45, 7) is 10.4. The van der Waals surface area contributed by atoms with Crippen LogP contribution in [0.1, 0.15) is 35.3 Å². The average molecular weight is 508 g/mol. The van der Waals surface area contributed by atoms with Gasteiger partial charge >= 0.3 is 0 Å². The predicted octanol–water partition coefficient (Wildman–Crippen LogP) is 5.14. The van der Waals surface area contributed by atoms with Crippen molar-refractivity contribution in [2.24, 2.45) is 0 Å². The second-order valence-electron chi connectivity index (χ2n) is 7.66. The van der Waals surface area contributed by atoms with Gasteiger partial charge in [0.15, 0.2) is 5.13 Å². The highest BCUT2D eigenvalue weighted by Gasteiger charge is 2.26. The molecule has 0 saturated carbocycles. The molecule has 0 aliphatic rings. The van der Waals surface area contributed by atoms with Gasteiger partial charge in [0.1, 0.15) is 0 Å². The summed E-state index contributed by atoms with van der Waals surface area (Å²) in [5, 5.41) is 23.1. The maximum atomic E-state index is 13.5. The molecule has 34 heavy (non-hydrogen) atoms. The molecule has 0 bridgehead atoms. The van der Waals surface area contributed by atoms with Gasteiger partial charge in [0.05, 0.1) is 31.7 Å². The minimum absolute atomic E-state index is 0. The number of carbonyl (C=O) groups is 1. The number of non-ortho nitro benzene ring substituents is 2. The van der Waals surface area contributed by atoms with Crippen LogP contribution in [0.4, 0.5) is 16.5 Å². The molecule has 0 N–H and O–H groups in total. The van der Waals surface area contributed by atoms with Gasteiger partial charge in [0.25, 0.3) is 17.3 Å². The monoisotopic (exact) mass is 507 g/mol. The number of benzene rings is 2. The summed E-state index contributed by atoms with van der Waals surface area (Å²) < 4.78 is 0.946. The van der Waals surface area contributed by atoms with Crippen molar-refractivity contribution >= 4 is 56.4 Å². The number of nitrogens with zero attached hydrogens (tertiary/aromatic N) is 5. The Labute approximate surface area is 206 Å². The molecule has 2 aromatic carbocycles. The van der Waals surface area contributed by atoms with Crippen LogP contribution >= 0.6 is 23.7 Å². The zero-order valence-corrected chi connectivity index (χ0v) is 20.9. The van der Waals surface area contributed by atoms with Gasteiger partial charge in [-0.15, -0.1) is 12.4 Å². The zero-order chi connectivity index (χ0) is 24.3. The number of carbonyl (C=O) groups excluding carboxylic acids is 1. The number of nitro groups is 2. The third kappa shape index (κ3) is 5.85. The molecular weight excluding hydrogens is 482 g/mol. The van der Waals surface area contributed by atoms with E-state index in [0.717, 1.165) is 52.6 Å². The fourth-order valence-corrected chi connectivity index (χ4v) is 4.67. The van der Waals surface area contributed by atoms with Crippen LogP contribution in [0.15, 0.2) is 30.3 Å². The summed E-state index contributed by atoms with van der Waals surface area (Å²) in [5.41, 5.74) is 1.71. The lowest BCUT2D eigenvalue weighted by Crippen LogP contribution is -2.38. The van der Waals surface area contributed by atoms with Crippen molar-refractivity contribution in [2.75, 3.05) is 31.1 Å². The molecule has 3 aromatic rings. The number of fused-ring (bicyclic) bond motifs is 1. The van der Waals surface area contributed by atoms with E-state index in [1.54, 1.807) is 0 Å². The van der Waals surface area contributed by atoms with Crippen LogP contribution in [-0.2, 0) is 0 Å². The molecule has 182 valence electrons. The van der Waals surface area contributed by atoms with E-state index < -0.39 is 27.1 Å². The van der Waals surface area contributed by atoms with Crippen molar-refractivity contribution < 1.29 is 14.6 Å². The Hall–Kier alpha value is -3.15. The summed E-state index contributed by atoms with van der Waals surface area (Å²) in [6, 6.07) is 6.97. The third-order valence-electron chi connectivity index (χ3n) is 5.39. The van der Waals surface area contributed by atoms with E-state index in [9.17, 15) is 25.0 Å². The van der Waals surface area contributed by atoms with Crippen LogP contribution in [0.25, 0.3) is 10.2 Å². The maximum Gasteiger partial charge on any atom is 0.277 e. The quantitative estimate of drug-likeness (QED) is 0.290. The Morgan fingerprint density at radius 2 is 1.56 bits per heavy atom. The number of anilines is 1. The zero-order valence-electron chi connectivity index (χ0n) is 19.3. The number of likely N-dealkylation sites (N-methyl/N-ethyl adjacent to an activating group) is 1. The number of halogens is 1. The molecular formula is C22H26ClN5O5S. The average Bonchev–Trinajstić information content (AvgIpc) is 3.20. The van der Waals surface area contributed by atoms with Crippen LogP contribution in [0, 0.1) is 34.1 Å². The first-order chi connectivity index (χ1) is 15.6. The van der Waals surface area contributed by atoms with E-state index in [1.807, 2.05) is 39.8 Å². The van der Waals surface area contributed by atoms with Crippen molar-refractivity contribution in [3.63, 3.8) is 0 Å². The smallest absolute Gasteiger partial charge is 0.277 e. The summed E-state index contributed by atoms with van der Waals surface area (Å²) >= 11 is 1.36. The van der Waals surface area contributed by atoms with Gasteiger partial charge in [-0.05, 0) is 44.1 Å². The molecule has 12 heteroatoms. The van der Waals surface area contributed by atoms with Crippen LogP contribution < -0.4 is 4.90 Å². The number of amides is 1. The van der Waals surface area contributed by atoms with Gasteiger partial charge in [0.2, 0.25) is 0 Å². The highest BCUT2D eigenvalue weighted by molar-refractivity contribution is 7.22. The maximum absolute atomic E-state index is 13.5. The molecule has 1 amide bonds. The van der Waals surface area contributed by atoms with E-state index in [1.165, 1.54) is 16.2 Å². The Kier molecular flexibility index (Phi) is 9.02. The number of nitro benzene ring substituents is 2. The second kappa shape index (κ2) is 11.3. The highest BCUT2D eigenvalue weighted by Crippen LogP contribution is 2.33. The van der Waals surface area contributed by atoms with Gasteiger partial charge in [-0.1, -0.05) is 31.3 Å². The lowest BCUT2D eigenvalue weighted by Gasteiger charge is -2.24. The van der Waals surface area contributed by atoms with Crippen LogP contribution in [0.3, 0.4) is 0 Å². The largest absolute Gasteiger partial charge is 0.302 e. The normalized spacial score (nSPS) is 10.9. The second-order valence-corrected chi connectivity index (χ2v) is 8.64. The molecule has 0 aliphatic heterocycles. The van der Waals surface area contributed by atoms with Crippen molar-refractivity contribution in [3.8, 4) is 0 Å². The highest BCUT2D eigenvalue weighted by atomic mass is 35.5. The van der Waals surface area contributed by atoms with Crippen LogP contribution in [0.5, 0.6) is 0 Å². The fourth-order valence-electron chi connectivity index (χ4n) is 3.63. The predicted molar refractivity (Wildman–Crippen MR) is 136 cm³/mol. The molecule has 0 aliphatic carbocycles. The SMILES string of the molecule is CCN(CC)CCN(C(=O)c1cc([N+](=O)[O-])cc([N+](=O)[O-])c1)c1nc2cc(C)cc(C)c2s1.Cl. The summed E-state index contributed by atoms with van der Waals surface area (Å²) in [7, 11) is 0. The van der Waals surface area contributed by atoms with Crippen LogP contribution in [0.2, 0.25) is 0 Å². The Bertz CT molecular complexity index is 1200. The van der Waals surface area contributed by atoms with Gasteiger partial charge < -0.3 is 4.90 Å². The van der Waals surface area contributed by atoms with Gasteiger partial charge in [0, 0.05) is 25.2 Å². The molecule has 0 unspecified atom stereocenters. The number of aromatic nitrogens is 1. The van der Waals surface area contributed by atoms with E-state index >= 15 is 0 Å². The summed E-state index contributed by atoms with van der Waals surface area (Å²) in [6.07, 6.45) is 0. The van der Waals surface area contributed by atoms with E-state index in [0.29, 0.717) is 11.7 Å². The van der Waals surface area contributed by atoms with Gasteiger partial charge in [-0.25, -0.2) is 4.98 Å². The number of rotatable bonds is 9. The molecule has 0 fully saturated rings. The fraction of sp³-hybridized carbons (Fsp3) is 0.364. The Morgan fingerprint density at radius 3 is 2.09 bits per heavy atom. The van der Waals surface area contributed by atoms with Crippen molar-refractivity contribution in [1.29, 1.82) is 0 Å². The van der Waals surface area contributed by atoms with E-state index in [2.05, 4.69) is 9.88 Å². The number of thiazole rings is 1. The minimum atomic E-state index is -0.742. The van der Waals surface area contributed by atoms with Crippen molar-refractivity contribution in [1.82, 2.24) is 9.88 Å². The first kappa shape index (κ1) is 27.1. The number of aryl methyl sites for hydroxylation is 2. The van der Waals surface area contributed by atoms with Crippen molar-refractivity contribution in [2.45, 2.75) is 27.7 Å². The standard InChI is InChI=1S/C22H25N5O5S.ClH/c1-5-24(6-2)7-8-25(22-23-19-10-14(3)9-15(4)20(19)33-22)21(28)16-11-17(26(29)30)13-18(12-16)27(31)32;/h9-13H,5-8H2,1-4H3;1H. The molecule has 10 nitrogen and oxygen atoms in total. The van der Waals surface area contributed by atoms with Gasteiger partial charge in [-0.2, -0.15) is 0 Å². The van der Waals surface area contributed by atoms with E-state index in [4.69, 9.17) is 0 Å². The van der Waals surface area contributed by atoms with Crippen molar-refractivity contribution in [3.05, 3.63) is 67.3 Å². The first-order valence-electron chi connectivity index (χ1n) is 10.5. The Balaban J connectivity index is 0.00000408. The molecule has 0 spiro atoms. The molecule has 0 radical (unpaired) electrons. The van der Waals surface area contributed by atoms with E-state index in [-0.39, 0.29) is 24.5 Å². The Morgan fingerprint density at radius 1 is 0.971 bits per heavy atom. The molecule has 1 aromatic heterocycles. The topological polar surface area (TPSA) is 123 Å². The molecule has 0 atom stereocenters. The first-order valence-corrected chi connectivity index (χ1v) is 11.3. The number of hydrogen-bond acceptors (Lipinski definition) is 8.